The molecule has 0 unspecified atom stereocenters. The van der Waals surface area contributed by atoms with Crippen LogP contribution in [-0.2, 0) is 4.79 Å². The van der Waals surface area contributed by atoms with Crippen LogP contribution in [0.3, 0.4) is 0 Å². The van der Waals surface area contributed by atoms with Gasteiger partial charge in [0, 0.05) is 6.54 Å². The third kappa shape index (κ3) is 4.22. The maximum Gasteiger partial charge on any atom is 0.304 e. The van der Waals surface area contributed by atoms with Crippen LogP contribution in [0.1, 0.15) is 19.3 Å². The predicted octanol–water partition coefficient (Wildman–Crippen LogP) is 0.979. The fourth-order valence-electron chi connectivity index (χ4n) is 1.26. The molecule has 4 heteroatoms. The van der Waals surface area contributed by atoms with Gasteiger partial charge in [-0.2, -0.15) is 0 Å². The van der Waals surface area contributed by atoms with Crippen LogP contribution in [-0.4, -0.2) is 35.6 Å². The van der Waals surface area contributed by atoms with Gasteiger partial charge in [-0.3, -0.25) is 4.79 Å². The van der Waals surface area contributed by atoms with E-state index in [2.05, 4.69) is 4.90 Å². The van der Waals surface area contributed by atoms with Crippen molar-refractivity contribution in [1.82, 2.24) is 4.90 Å². The molecule has 0 aromatic heterocycles. The van der Waals surface area contributed by atoms with Crippen molar-refractivity contribution in [2.24, 2.45) is 0 Å². The molecule has 1 saturated heterocycles. The van der Waals surface area contributed by atoms with Gasteiger partial charge >= 0.3 is 5.97 Å². The second-order valence-corrected chi connectivity index (χ2v) is 2.69. The van der Waals surface area contributed by atoms with Gasteiger partial charge in [0.15, 0.2) is 0 Å². The second-order valence-electron chi connectivity index (χ2n) is 2.69. The third-order valence-electron chi connectivity index (χ3n) is 1.84. The molecule has 11 heavy (non-hydrogen) atoms. The summed E-state index contributed by atoms with van der Waals surface area (Å²) in [7, 11) is 0. The molecule has 3 nitrogen and oxygen atoms in total. The number of nitrogens with zero attached hydrogens (tertiary/aromatic N) is 1. The van der Waals surface area contributed by atoms with Gasteiger partial charge < -0.3 is 10.0 Å². The Hall–Kier alpha value is -0.280. The number of halogens is 1. The van der Waals surface area contributed by atoms with E-state index in [4.69, 9.17) is 5.11 Å². The lowest BCUT2D eigenvalue weighted by atomic mass is 10.4. The Morgan fingerprint density at radius 2 is 1.91 bits per heavy atom. The van der Waals surface area contributed by atoms with Crippen molar-refractivity contribution in [3.8, 4) is 0 Å². The van der Waals surface area contributed by atoms with Crippen LogP contribution in [0.4, 0.5) is 0 Å². The van der Waals surface area contributed by atoms with E-state index in [1.165, 1.54) is 12.8 Å². The zero-order chi connectivity index (χ0) is 7.40. The topological polar surface area (TPSA) is 40.5 Å². The standard InChI is InChI=1S/C7H13NO2.ClH/c9-7(10)3-6-8-4-1-2-5-8;/h1-6H2,(H,9,10);1H. The molecule has 0 radical (unpaired) electrons. The number of carbonyl (C=O) groups is 1. The molecule has 0 aromatic rings. The zero-order valence-corrected chi connectivity index (χ0v) is 7.27. The summed E-state index contributed by atoms with van der Waals surface area (Å²) >= 11 is 0. The number of hydrogen-bond acceptors (Lipinski definition) is 2. The molecule has 66 valence electrons. The summed E-state index contributed by atoms with van der Waals surface area (Å²) in [5, 5.41) is 8.35. The smallest absolute Gasteiger partial charge is 0.304 e. The fourth-order valence-corrected chi connectivity index (χ4v) is 1.26. The maximum atomic E-state index is 10.1. The molecule has 1 rings (SSSR count). The molecular weight excluding hydrogens is 166 g/mol. The molecule has 0 aromatic carbocycles. The van der Waals surface area contributed by atoms with Gasteiger partial charge in [-0.1, -0.05) is 0 Å². The van der Waals surface area contributed by atoms with Crippen LogP contribution in [0.25, 0.3) is 0 Å². The minimum absolute atomic E-state index is 0. The summed E-state index contributed by atoms with van der Waals surface area (Å²) in [6.45, 7) is 2.91. The summed E-state index contributed by atoms with van der Waals surface area (Å²) in [6.07, 6.45) is 2.76. The molecule has 1 N–H and O–H groups in total. The molecule has 0 aliphatic carbocycles. The van der Waals surface area contributed by atoms with Gasteiger partial charge in [0.05, 0.1) is 6.42 Å². The van der Waals surface area contributed by atoms with Crippen LogP contribution < -0.4 is 0 Å². The Morgan fingerprint density at radius 3 is 2.36 bits per heavy atom. The number of rotatable bonds is 3. The van der Waals surface area contributed by atoms with E-state index in [0.29, 0.717) is 6.42 Å². The van der Waals surface area contributed by atoms with E-state index in [-0.39, 0.29) is 12.4 Å². The van der Waals surface area contributed by atoms with E-state index in [1.807, 2.05) is 0 Å². The predicted molar refractivity (Wildman–Crippen MR) is 45.2 cm³/mol. The summed E-state index contributed by atoms with van der Waals surface area (Å²) < 4.78 is 0. The van der Waals surface area contributed by atoms with Crippen molar-refractivity contribution in [3.05, 3.63) is 0 Å². The van der Waals surface area contributed by atoms with Crippen molar-refractivity contribution in [3.63, 3.8) is 0 Å². The zero-order valence-electron chi connectivity index (χ0n) is 6.45. The highest BCUT2D eigenvalue weighted by Crippen LogP contribution is 2.06. The van der Waals surface area contributed by atoms with Gasteiger partial charge in [0.1, 0.15) is 0 Å². The highest BCUT2D eigenvalue weighted by Gasteiger charge is 2.11. The van der Waals surface area contributed by atoms with Gasteiger partial charge in [-0.25, -0.2) is 0 Å². The Morgan fingerprint density at radius 1 is 1.36 bits per heavy atom. The maximum absolute atomic E-state index is 10.1. The van der Waals surface area contributed by atoms with Gasteiger partial charge in [-0.05, 0) is 25.9 Å². The Kier molecular flexibility index (Phi) is 5.24. The highest BCUT2D eigenvalue weighted by molar-refractivity contribution is 5.85. The Labute approximate surface area is 72.8 Å². The molecule has 1 aliphatic heterocycles. The van der Waals surface area contributed by atoms with Crippen molar-refractivity contribution in [2.75, 3.05) is 19.6 Å². The minimum atomic E-state index is -0.688. The number of carboxylic acids is 1. The highest BCUT2D eigenvalue weighted by atomic mass is 35.5. The molecule has 0 bridgehead atoms. The van der Waals surface area contributed by atoms with E-state index < -0.39 is 5.97 Å². The number of aliphatic carboxylic acids is 1. The van der Waals surface area contributed by atoms with E-state index in [9.17, 15) is 4.79 Å². The van der Waals surface area contributed by atoms with Crippen LogP contribution >= 0.6 is 12.4 Å². The number of hydrogen-bond donors (Lipinski definition) is 1. The number of carboxylic acid groups (broad SMARTS) is 1. The molecular formula is C7H14ClNO2. The van der Waals surface area contributed by atoms with Crippen LogP contribution in [0.15, 0.2) is 0 Å². The molecule has 1 heterocycles. The number of likely N-dealkylation sites (tertiary alicyclic amines) is 1. The van der Waals surface area contributed by atoms with Crippen LogP contribution in [0.5, 0.6) is 0 Å². The largest absolute Gasteiger partial charge is 0.481 e. The average Bonchev–Trinajstić information content (AvgIpc) is 2.34. The average molecular weight is 180 g/mol. The van der Waals surface area contributed by atoms with Crippen molar-refractivity contribution in [1.29, 1.82) is 0 Å². The first-order chi connectivity index (χ1) is 4.79. The lowest BCUT2D eigenvalue weighted by Crippen LogP contribution is -2.22. The van der Waals surface area contributed by atoms with Crippen LogP contribution in [0.2, 0.25) is 0 Å². The van der Waals surface area contributed by atoms with Gasteiger partial charge in [0.25, 0.3) is 0 Å². The monoisotopic (exact) mass is 179 g/mol. The molecule has 0 saturated carbocycles. The molecule has 0 atom stereocenters. The Bertz CT molecular complexity index is 124. The second kappa shape index (κ2) is 5.38. The first-order valence-corrected chi connectivity index (χ1v) is 3.73. The first-order valence-electron chi connectivity index (χ1n) is 3.73. The molecule has 1 fully saturated rings. The van der Waals surface area contributed by atoms with E-state index in [0.717, 1.165) is 19.6 Å². The van der Waals surface area contributed by atoms with Crippen LogP contribution in [0, 0.1) is 0 Å². The third-order valence-corrected chi connectivity index (χ3v) is 1.84. The van der Waals surface area contributed by atoms with Gasteiger partial charge in [0.2, 0.25) is 0 Å². The summed E-state index contributed by atoms with van der Waals surface area (Å²) in [4.78, 5) is 12.3. The van der Waals surface area contributed by atoms with Gasteiger partial charge in [-0.15, -0.1) is 12.4 Å². The summed E-state index contributed by atoms with van der Waals surface area (Å²) in [5.74, 6) is -0.688. The molecule has 0 amide bonds. The fraction of sp³-hybridized carbons (Fsp3) is 0.857. The van der Waals surface area contributed by atoms with E-state index >= 15 is 0 Å². The van der Waals surface area contributed by atoms with Crippen molar-refractivity contribution < 1.29 is 9.90 Å². The first kappa shape index (κ1) is 10.7. The van der Waals surface area contributed by atoms with E-state index in [1.54, 1.807) is 0 Å². The van der Waals surface area contributed by atoms with Crippen molar-refractivity contribution >= 4 is 18.4 Å². The Balaban J connectivity index is 0.000001000. The van der Waals surface area contributed by atoms with Crippen molar-refractivity contribution in [2.45, 2.75) is 19.3 Å². The molecule has 1 aliphatic rings. The summed E-state index contributed by atoms with van der Waals surface area (Å²) in [6, 6.07) is 0. The quantitative estimate of drug-likeness (QED) is 0.702. The molecule has 0 spiro atoms. The normalized spacial score (nSPS) is 17.8. The minimum Gasteiger partial charge on any atom is -0.481 e. The SMILES string of the molecule is Cl.O=C(O)CCN1CCCC1. The summed E-state index contributed by atoms with van der Waals surface area (Å²) in [5.41, 5.74) is 0. The lowest BCUT2D eigenvalue weighted by Gasteiger charge is -2.11. The lowest BCUT2D eigenvalue weighted by molar-refractivity contribution is -0.137.